The number of benzene rings is 3. The van der Waals surface area contributed by atoms with Crippen LogP contribution in [0.5, 0.6) is 17.2 Å². The van der Waals surface area contributed by atoms with Gasteiger partial charge in [0.2, 0.25) is 0 Å². The van der Waals surface area contributed by atoms with Crippen molar-refractivity contribution in [2.75, 3.05) is 27.9 Å². The Balaban J connectivity index is 1.63. The first-order chi connectivity index (χ1) is 17.5. The SMILES string of the molecule is C=C(c1ccc(OC)cc1)[C@@H](C[C@H](O)CCCCOCc1ccccc1)c1ccc(OC)c(OC)c1. The third-order valence-corrected chi connectivity index (χ3v) is 6.39. The fourth-order valence-electron chi connectivity index (χ4n) is 4.29. The largest absolute Gasteiger partial charge is 0.497 e. The minimum absolute atomic E-state index is 0.0810. The van der Waals surface area contributed by atoms with Crippen molar-refractivity contribution in [1.29, 1.82) is 0 Å². The molecular formula is C31H38O5. The summed E-state index contributed by atoms with van der Waals surface area (Å²) < 4.78 is 22.0. The topological polar surface area (TPSA) is 57.2 Å². The van der Waals surface area contributed by atoms with Crippen molar-refractivity contribution < 1.29 is 24.1 Å². The summed E-state index contributed by atoms with van der Waals surface area (Å²) in [5, 5.41) is 11.0. The molecule has 5 nitrogen and oxygen atoms in total. The zero-order valence-corrected chi connectivity index (χ0v) is 21.6. The van der Waals surface area contributed by atoms with Gasteiger partial charge in [0, 0.05) is 12.5 Å². The zero-order chi connectivity index (χ0) is 25.8. The van der Waals surface area contributed by atoms with Crippen LogP contribution in [0.4, 0.5) is 0 Å². The molecule has 3 aromatic carbocycles. The van der Waals surface area contributed by atoms with E-state index in [0.717, 1.165) is 35.3 Å². The number of aliphatic hydroxyl groups is 1. The summed E-state index contributed by atoms with van der Waals surface area (Å²) in [5.74, 6) is 2.05. The molecule has 0 aliphatic rings. The van der Waals surface area contributed by atoms with Gasteiger partial charge in [-0.3, -0.25) is 0 Å². The Kier molecular flexibility index (Phi) is 10.9. The Morgan fingerprint density at radius 1 is 0.833 bits per heavy atom. The number of aliphatic hydroxyl groups excluding tert-OH is 1. The van der Waals surface area contributed by atoms with E-state index in [1.54, 1.807) is 21.3 Å². The van der Waals surface area contributed by atoms with Gasteiger partial charge >= 0.3 is 0 Å². The number of methoxy groups -OCH3 is 3. The maximum absolute atomic E-state index is 11.0. The molecule has 3 aromatic rings. The van der Waals surface area contributed by atoms with E-state index in [-0.39, 0.29) is 5.92 Å². The Morgan fingerprint density at radius 2 is 1.56 bits per heavy atom. The Bertz CT molecular complexity index is 1060. The average Bonchev–Trinajstić information content (AvgIpc) is 2.93. The smallest absolute Gasteiger partial charge is 0.161 e. The van der Waals surface area contributed by atoms with Crippen molar-refractivity contribution in [1.82, 2.24) is 0 Å². The second kappa shape index (κ2) is 14.3. The maximum Gasteiger partial charge on any atom is 0.161 e. The Hall–Kier alpha value is -3.28. The van der Waals surface area contributed by atoms with Gasteiger partial charge in [-0.15, -0.1) is 0 Å². The van der Waals surface area contributed by atoms with Gasteiger partial charge in [-0.2, -0.15) is 0 Å². The molecule has 0 unspecified atom stereocenters. The van der Waals surface area contributed by atoms with Crippen LogP contribution in [-0.2, 0) is 11.3 Å². The van der Waals surface area contributed by atoms with Crippen LogP contribution in [0.1, 0.15) is 48.3 Å². The van der Waals surface area contributed by atoms with Gasteiger partial charge < -0.3 is 24.1 Å². The number of rotatable bonds is 15. The van der Waals surface area contributed by atoms with E-state index in [0.29, 0.717) is 37.6 Å². The minimum Gasteiger partial charge on any atom is -0.497 e. The summed E-state index contributed by atoms with van der Waals surface area (Å²) in [6, 6.07) is 23.9. The van der Waals surface area contributed by atoms with E-state index in [4.69, 9.17) is 18.9 Å². The van der Waals surface area contributed by atoms with E-state index in [1.165, 1.54) is 5.56 Å². The highest BCUT2D eigenvalue weighted by atomic mass is 16.5. The monoisotopic (exact) mass is 490 g/mol. The predicted molar refractivity (Wildman–Crippen MR) is 145 cm³/mol. The average molecular weight is 491 g/mol. The van der Waals surface area contributed by atoms with Crippen LogP contribution in [0.2, 0.25) is 0 Å². The molecule has 36 heavy (non-hydrogen) atoms. The molecular weight excluding hydrogens is 452 g/mol. The summed E-state index contributed by atoms with van der Waals surface area (Å²) in [6.45, 7) is 5.71. The van der Waals surface area contributed by atoms with Gasteiger partial charge in [0.25, 0.3) is 0 Å². The van der Waals surface area contributed by atoms with Crippen LogP contribution >= 0.6 is 0 Å². The number of allylic oxidation sites excluding steroid dienone is 1. The molecule has 5 heteroatoms. The second-order valence-corrected chi connectivity index (χ2v) is 8.84. The highest BCUT2D eigenvalue weighted by Crippen LogP contribution is 2.39. The van der Waals surface area contributed by atoms with E-state index < -0.39 is 6.10 Å². The van der Waals surface area contributed by atoms with Gasteiger partial charge in [-0.1, -0.05) is 55.1 Å². The molecule has 0 amide bonds. The number of hydrogen-bond acceptors (Lipinski definition) is 5. The fraction of sp³-hybridized carbons (Fsp3) is 0.355. The Labute approximate surface area is 215 Å². The van der Waals surface area contributed by atoms with Gasteiger partial charge in [0.05, 0.1) is 34.0 Å². The highest BCUT2D eigenvalue weighted by molar-refractivity contribution is 5.70. The summed E-state index contributed by atoms with van der Waals surface area (Å²) in [6.07, 6.45) is 2.60. The molecule has 3 rings (SSSR count). The van der Waals surface area contributed by atoms with E-state index >= 15 is 0 Å². The molecule has 0 saturated heterocycles. The molecule has 192 valence electrons. The number of ether oxygens (including phenoxy) is 4. The lowest BCUT2D eigenvalue weighted by Crippen LogP contribution is -2.14. The van der Waals surface area contributed by atoms with Crippen LogP contribution in [-0.4, -0.2) is 39.1 Å². The third-order valence-electron chi connectivity index (χ3n) is 6.39. The van der Waals surface area contributed by atoms with Crippen molar-refractivity contribution in [2.45, 2.75) is 44.3 Å². The number of unbranched alkanes of at least 4 members (excludes halogenated alkanes) is 1. The first-order valence-corrected chi connectivity index (χ1v) is 12.4. The lowest BCUT2D eigenvalue weighted by Gasteiger charge is -2.24. The molecule has 0 radical (unpaired) electrons. The molecule has 0 spiro atoms. The van der Waals surface area contributed by atoms with Crippen molar-refractivity contribution in [3.63, 3.8) is 0 Å². The standard InChI is InChI=1S/C31H38O5/c1-23(25-13-16-28(33-2)17-14-25)29(26-15-18-30(34-3)31(20-26)35-4)21-27(32)12-8-9-19-36-22-24-10-6-5-7-11-24/h5-7,10-11,13-18,20,27,29,32H,1,8-9,12,19,21-22H2,2-4H3/t27-,29-/m1/s1. The van der Waals surface area contributed by atoms with Crippen LogP contribution in [0, 0.1) is 0 Å². The molecule has 0 aliphatic heterocycles. The first kappa shape index (κ1) is 27.3. The quantitative estimate of drug-likeness (QED) is 0.242. The van der Waals surface area contributed by atoms with Crippen LogP contribution in [0.25, 0.3) is 5.57 Å². The molecule has 0 saturated carbocycles. The summed E-state index contributed by atoms with van der Waals surface area (Å²) in [7, 11) is 4.90. The van der Waals surface area contributed by atoms with Gasteiger partial charge in [0.15, 0.2) is 11.5 Å². The second-order valence-electron chi connectivity index (χ2n) is 8.84. The molecule has 0 aliphatic carbocycles. The van der Waals surface area contributed by atoms with E-state index in [1.807, 2.05) is 60.7 Å². The zero-order valence-electron chi connectivity index (χ0n) is 21.6. The molecule has 2 atom stereocenters. The highest BCUT2D eigenvalue weighted by Gasteiger charge is 2.22. The van der Waals surface area contributed by atoms with Crippen LogP contribution < -0.4 is 14.2 Å². The predicted octanol–water partition coefficient (Wildman–Crippen LogP) is 6.65. The minimum atomic E-state index is -0.466. The van der Waals surface area contributed by atoms with Gasteiger partial charge in [-0.25, -0.2) is 0 Å². The third kappa shape index (κ3) is 7.87. The van der Waals surface area contributed by atoms with Crippen molar-refractivity contribution >= 4 is 5.57 Å². The van der Waals surface area contributed by atoms with Gasteiger partial charge in [-0.05, 0) is 72.2 Å². The molecule has 0 fully saturated rings. The van der Waals surface area contributed by atoms with E-state index in [9.17, 15) is 5.11 Å². The lowest BCUT2D eigenvalue weighted by molar-refractivity contribution is 0.107. The van der Waals surface area contributed by atoms with Crippen molar-refractivity contribution in [3.05, 3.63) is 96.1 Å². The molecule has 0 heterocycles. The van der Waals surface area contributed by atoms with Crippen molar-refractivity contribution in [3.8, 4) is 17.2 Å². The summed E-state index contributed by atoms with van der Waals surface area (Å²) >= 11 is 0. The Morgan fingerprint density at radius 3 is 2.22 bits per heavy atom. The van der Waals surface area contributed by atoms with E-state index in [2.05, 4.69) is 18.7 Å². The number of hydrogen-bond donors (Lipinski definition) is 1. The normalized spacial score (nSPS) is 12.6. The molecule has 1 N–H and O–H groups in total. The molecule has 0 aromatic heterocycles. The summed E-state index contributed by atoms with van der Waals surface area (Å²) in [4.78, 5) is 0. The van der Waals surface area contributed by atoms with Crippen molar-refractivity contribution in [2.24, 2.45) is 0 Å². The maximum atomic E-state index is 11.0. The lowest BCUT2D eigenvalue weighted by atomic mass is 9.83. The molecule has 0 bridgehead atoms. The summed E-state index contributed by atoms with van der Waals surface area (Å²) in [5.41, 5.74) is 4.15. The van der Waals surface area contributed by atoms with Crippen LogP contribution in [0.3, 0.4) is 0 Å². The fourth-order valence-corrected chi connectivity index (χ4v) is 4.29. The van der Waals surface area contributed by atoms with Crippen LogP contribution in [0.15, 0.2) is 79.4 Å². The first-order valence-electron chi connectivity index (χ1n) is 12.4. The van der Waals surface area contributed by atoms with Gasteiger partial charge in [0.1, 0.15) is 5.75 Å².